The van der Waals surface area contributed by atoms with E-state index in [1.165, 1.54) is 0 Å². The Hall–Kier alpha value is -2.41. The van der Waals surface area contributed by atoms with Crippen LogP contribution in [0.5, 0.6) is 5.75 Å². The van der Waals surface area contributed by atoms with Crippen molar-refractivity contribution in [1.82, 2.24) is 9.88 Å². The second-order valence-electron chi connectivity index (χ2n) is 6.31. The molecule has 1 fully saturated rings. The lowest BCUT2D eigenvalue weighted by Crippen LogP contribution is -2.29. The molecule has 25 heavy (non-hydrogen) atoms. The predicted octanol–water partition coefficient (Wildman–Crippen LogP) is 2.82. The Morgan fingerprint density at radius 3 is 2.84 bits per heavy atom. The molecule has 2 atom stereocenters. The third-order valence-electron chi connectivity index (χ3n) is 4.35. The first kappa shape index (κ1) is 17.4. The molecule has 7 heteroatoms. The van der Waals surface area contributed by atoms with Gasteiger partial charge in [-0.25, -0.2) is 4.98 Å². The maximum Gasteiger partial charge on any atom is 0.308 e. The molecular weight excluding hydrogens is 340 g/mol. The number of aromatic nitrogens is 1. The Balaban J connectivity index is 1.66. The number of ether oxygens (including phenoxy) is 1. The van der Waals surface area contributed by atoms with E-state index in [0.717, 1.165) is 10.7 Å². The van der Waals surface area contributed by atoms with Crippen LogP contribution in [0.15, 0.2) is 29.6 Å². The van der Waals surface area contributed by atoms with Gasteiger partial charge < -0.3 is 14.7 Å². The van der Waals surface area contributed by atoms with Gasteiger partial charge in [0.15, 0.2) is 0 Å². The van der Waals surface area contributed by atoms with E-state index in [9.17, 15) is 14.7 Å². The van der Waals surface area contributed by atoms with Crippen molar-refractivity contribution in [3.8, 4) is 5.75 Å². The number of likely N-dealkylation sites (tertiary alicyclic amines) is 1. The first-order valence-corrected chi connectivity index (χ1v) is 8.98. The molecule has 3 rings (SSSR count). The molecule has 0 aliphatic carbocycles. The summed E-state index contributed by atoms with van der Waals surface area (Å²) in [6.45, 7) is 4.86. The quantitative estimate of drug-likeness (QED) is 0.887. The van der Waals surface area contributed by atoms with Crippen molar-refractivity contribution < 1.29 is 19.4 Å². The normalized spacial score (nSPS) is 19.8. The Morgan fingerprint density at radius 1 is 1.40 bits per heavy atom. The SMILES string of the molecule is Cc1nc(COc2cccc(C(=O)N3C[C@@H](C)[C@H](C(=O)O)C3)c2)cs1. The molecule has 1 aliphatic heterocycles. The third kappa shape index (κ3) is 3.99. The zero-order chi connectivity index (χ0) is 18.0. The maximum absolute atomic E-state index is 12.7. The van der Waals surface area contributed by atoms with Crippen LogP contribution >= 0.6 is 11.3 Å². The van der Waals surface area contributed by atoms with Crippen molar-refractivity contribution in [1.29, 1.82) is 0 Å². The molecule has 1 amide bonds. The molecule has 1 saturated heterocycles. The molecule has 2 heterocycles. The summed E-state index contributed by atoms with van der Waals surface area (Å²) in [5.41, 5.74) is 1.36. The highest BCUT2D eigenvalue weighted by Crippen LogP contribution is 2.25. The van der Waals surface area contributed by atoms with Crippen molar-refractivity contribution >= 4 is 23.2 Å². The van der Waals surface area contributed by atoms with Crippen LogP contribution < -0.4 is 4.74 Å². The minimum Gasteiger partial charge on any atom is -0.487 e. The minimum absolute atomic E-state index is 0.0474. The van der Waals surface area contributed by atoms with E-state index in [-0.39, 0.29) is 18.4 Å². The summed E-state index contributed by atoms with van der Waals surface area (Å²) < 4.78 is 5.72. The van der Waals surface area contributed by atoms with Crippen LogP contribution in [-0.4, -0.2) is 40.0 Å². The highest BCUT2D eigenvalue weighted by atomic mass is 32.1. The second kappa shape index (κ2) is 7.23. The molecule has 0 saturated carbocycles. The highest BCUT2D eigenvalue weighted by molar-refractivity contribution is 7.09. The van der Waals surface area contributed by atoms with Crippen LogP contribution in [0.4, 0.5) is 0 Å². The minimum atomic E-state index is -0.849. The standard InChI is InChI=1S/C18H20N2O4S/c1-11-7-20(8-16(11)18(22)23)17(21)13-4-3-5-15(6-13)24-9-14-10-25-12(2)19-14/h3-6,10-11,16H,7-9H2,1-2H3,(H,22,23)/t11-,16-/m1/s1. The zero-order valence-electron chi connectivity index (χ0n) is 14.1. The van der Waals surface area contributed by atoms with Gasteiger partial charge in [0.25, 0.3) is 5.91 Å². The van der Waals surface area contributed by atoms with Gasteiger partial charge in [0.1, 0.15) is 12.4 Å². The van der Waals surface area contributed by atoms with Crippen molar-refractivity contribution in [2.75, 3.05) is 13.1 Å². The topological polar surface area (TPSA) is 79.7 Å². The number of thiazole rings is 1. The number of carbonyl (C=O) groups is 2. The summed E-state index contributed by atoms with van der Waals surface area (Å²) >= 11 is 1.57. The van der Waals surface area contributed by atoms with Crippen LogP contribution in [0.3, 0.4) is 0 Å². The van der Waals surface area contributed by atoms with Crippen LogP contribution in [0.25, 0.3) is 0 Å². The van der Waals surface area contributed by atoms with Crippen molar-refractivity contribution in [2.24, 2.45) is 11.8 Å². The van der Waals surface area contributed by atoms with Gasteiger partial charge in [0, 0.05) is 24.0 Å². The van der Waals surface area contributed by atoms with Crippen LogP contribution in [0, 0.1) is 18.8 Å². The summed E-state index contributed by atoms with van der Waals surface area (Å²) in [4.78, 5) is 29.8. The second-order valence-corrected chi connectivity index (χ2v) is 7.37. The fourth-order valence-corrected chi connectivity index (χ4v) is 3.58. The molecular formula is C18H20N2O4S. The maximum atomic E-state index is 12.7. The molecule has 0 bridgehead atoms. The molecule has 1 aromatic carbocycles. The van der Waals surface area contributed by atoms with E-state index in [1.54, 1.807) is 40.5 Å². The van der Waals surface area contributed by atoms with Crippen LogP contribution in [-0.2, 0) is 11.4 Å². The number of nitrogens with zero attached hydrogens (tertiary/aromatic N) is 2. The molecule has 132 valence electrons. The Kier molecular flexibility index (Phi) is 5.03. The van der Waals surface area contributed by atoms with Gasteiger partial charge in [-0.15, -0.1) is 11.3 Å². The lowest BCUT2D eigenvalue weighted by atomic mass is 9.99. The van der Waals surface area contributed by atoms with Gasteiger partial charge in [0.05, 0.1) is 16.6 Å². The molecule has 1 N–H and O–H groups in total. The van der Waals surface area contributed by atoms with Crippen molar-refractivity contribution in [3.63, 3.8) is 0 Å². The van der Waals surface area contributed by atoms with E-state index >= 15 is 0 Å². The number of aliphatic carboxylic acids is 1. The number of aryl methyl sites for hydroxylation is 1. The van der Waals surface area contributed by atoms with Gasteiger partial charge in [0.2, 0.25) is 0 Å². The monoisotopic (exact) mass is 360 g/mol. The van der Waals surface area contributed by atoms with E-state index < -0.39 is 11.9 Å². The van der Waals surface area contributed by atoms with E-state index in [2.05, 4.69) is 4.98 Å². The number of amides is 1. The Labute approximate surface area is 150 Å². The largest absolute Gasteiger partial charge is 0.487 e. The molecule has 0 unspecified atom stereocenters. The van der Waals surface area contributed by atoms with E-state index in [4.69, 9.17) is 4.74 Å². The predicted molar refractivity (Wildman–Crippen MR) is 93.8 cm³/mol. The zero-order valence-corrected chi connectivity index (χ0v) is 15.0. The van der Waals surface area contributed by atoms with Gasteiger partial charge in [-0.05, 0) is 31.0 Å². The smallest absolute Gasteiger partial charge is 0.308 e. The lowest BCUT2D eigenvalue weighted by Gasteiger charge is -2.16. The molecule has 6 nitrogen and oxygen atoms in total. The third-order valence-corrected chi connectivity index (χ3v) is 5.17. The number of carboxylic acid groups (broad SMARTS) is 1. The van der Waals surface area contributed by atoms with Crippen molar-refractivity contribution in [2.45, 2.75) is 20.5 Å². The first-order chi connectivity index (χ1) is 11.9. The summed E-state index contributed by atoms with van der Waals surface area (Å²) in [5.74, 6) is -0.965. The average molecular weight is 360 g/mol. The van der Waals surface area contributed by atoms with E-state index in [1.807, 2.05) is 19.2 Å². The fourth-order valence-electron chi connectivity index (χ4n) is 2.99. The molecule has 0 radical (unpaired) electrons. The number of rotatable bonds is 5. The van der Waals surface area contributed by atoms with Crippen LogP contribution in [0.2, 0.25) is 0 Å². The van der Waals surface area contributed by atoms with Crippen molar-refractivity contribution in [3.05, 3.63) is 45.9 Å². The molecule has 1 aliphatic rings. The average Bonchev–Trinajstić information content (AvgIpc) is 3.18. The number of benzene rings is 1. The van der Waals surface area contributed by atoms with Crippen LogP contribution in [0.1, 0.15) is 28.0 Å². The number of hydrogen-bond donors (Lipinski definition) is 1. The summed E-state index contributed by atoms with van der Waals surface area (Å²) in [5, 5.41) is 12.1. The summed E-state index contributed by atoms with van der Waals surface area (Å²) in [6, 6.07) is 6.98. The molecule has 1 aromatic heterocycles. The summed E-state index contributed by atoms with van der Waals surface area (Å²) in [7, 11) is 0. The fraction of sp³-hybridized carbons (Fsp3) is 0.389. The first-order valence-electron chi connectivity index (χ1n) is 8.10. The summed E-state index contributed by atoms with van der Waals surface area (Å²) in [6.07, 6.45) is 0. The van der Waals surface area contributed by atoms with Gasteiger partial charge in [-0.2, -0.15) is 0 Å². The number of carboxylic acids is 1. The van der Waals surface area contributed by atoms with Gasteiger partial charge in [-0.3, -0.25) is 9.59 Å². The lowest BCUT2D eigenvalue weighted by molar-refractivity contribution is -0.142. The Morgan fingerprint density at radius 2 is 2.20 bits per heavy atom. The highest BCUT2D eigenvalue weighted by Gasteiger charge is 2.37. The Bertz CT molecular complexity index is 789. The van der Waals surface area contributed by atoms with E-state index in [0.29, 0.717) is 24.5 Å². The molecule has 0 spiro atoms. The van der Waals surface area contributed by atoms with Gasteiger partial charge in [-0.1, -0.05) is 13.0 Å². The number of hydrogen-bond acceptors (Lipinski definition) is 5. The number of carbonyl (C=O) groups excluding carboxylic acids is 1. The van der Waals surface area contributed by atoms with Gasteiger partial charge >= 0.3 is 5.97 Å². The molecule has 2 aromatic rings.